The van der Waals surface area contributed by atoms with Crippen LogP contribution in [0.4, 0.5) is 11.4 Å². The summed E-state index contributed by atoms with van der Waals surface area (Å²) in [5.41, 5.74) is 1.02. The summed E-state index contributed by atoms with van der Waals surface area (Å²) < 4.78 is 10.8. The summed E-state index contributed by atoms with van der Waals surface area (Å²) in [6, 6.07) is 14.1. The first-order valence-corrected chi connectivity index (χ1v) is 7.48. The molecule has 0 heterocycles. The second-order valence-corrected chi connectivity index (χ2v) is 5.16. The molecule has 2 rings (SSSR count). The first-order chi connectivity index (χ1) is 11.5. The Morgan fingerprint density at radius 1 is 1.04 bits per heavy atom. The molecule has 24 heavy (non-hydrogen) atoms. The van der Waals surface area contributed by atoms with Crippen molar-refractivity contribution in [3.8, 4) is 11.5 Å². The van der Waals surface area contributed by atoms with Gasteiger partial charge in [0.25, 0.3) is 5.91 Å². The van der Waals surface area contributed by atoms with E-state index in [9.17, 15) is 9.59 Å². The lowest BCUT2D eigenvalue weighted by atomic mass is 10.2. The maximum Gasteiger partial charge on any atom is 0.265 e. The summed E-state index contributed by atoms with van der Waals surface area (Å²) in [6.07, 6.45) is -0.693. The Labute approximate surface area is 140 Å². The van der Waals surface area contributed by atoms with Crippen LogP contribution in [0.1, 0.15) is 13.8 Å². The summed E-state index contributed by atoms with van der Waals surface area (Å²) in [5.74, 6) is 0.582. The first-order valence-electron chi connectivity index (χ1n) is 7.48. The molecule has 0 aromatic heterocycles. The molecule has 126 valence electrons. The Bertz CT molecular complexity index is 716. The van der Waals surface area contributed by atoms with Gasteiger partial charge in [-0.05, 0) is 37.3 Å². The second kappa shape index (κ2) is 8.01. The Morgan fingerprint density at radius 3 is 2.38 bits per heavy atom. The maximum atomic E-state index is 12.3. The molecule has 0 aliphatic carbocycles. The number of carbonyl (C=O) groups excluding carboxylic acids is 2. The molecule has 6 nitrogen and oxygen atoms in total. The van der Waals surface area contributed by atoms with Crippen LogP contribution in [0.5, 0.6) is 11.5 Å². The highest BCUT2D eigenvalue weighted by Crippen LogP contribution is 2.28. The van der Waals surface area contributed by atoms with Crippen molar-refractivity contribution in [1.82, 2.24) is 0 Å². The number of nitrogens with one attached hydrogen (secondary N) is 2. The first kappa shape index (κ1) is 17.3. The highest BCUT2D eigenvalue weighted by molar-refractivity contribution is 5.97. The number of hydrogen-bond acceptors (Lipinski definition) is 4. The third-order valence-corrected chi connectivity index (χ3v) is 3.20. The Kier molecular flexibility index (Phi) is 5.78. The number of carbonyl (C=O) groups is 2. The lowest BCUT2D eigenvalue weighted by Crippen LogP contribution is -2.30. The van der Waals surface area contributed by atoms with Gasteiger partial charge in [0.15, 0.2) is 6.10 Å². The number of ether oxygens (including phenoxy) is 2. The second-order valence-electron chi connectivity index (χ2n) is 5.16. The molecule has 0 saturated carbocycles. The van der Waals surface area contributed by atoms with Crippen LogP contribution in [0.25, 0.3) is 0 Å². The molecule has 2 aromatic carbocycles. The van der Waals surface area contributed by atoms with Gasteiger partial charge in [-0.2, -0.15) is 0 Å². The zero-order valence-corrected chi connectivity index (χ0v) is 13.8. The van der Waals surface area contributed by atoms with Gasteiger partial charge in [0, 0.05) is 12.6 Å². The van der Waals surface area contributed by atoms with Crippen molar-refractivity contribution < 1.29 is 19.1 Å². The fraction of sp³-hybridized carbons (Fsp3) is 0.222. The van der Waals surface area contributed by atoms with Crippen molar-refractivity contribution in [3.05, 3.63) is 48.5 Å². The van der Waals surface area contributed by atoms with E-state index in [4.69, 9.17) is 9.47 Å². The molecule has 0 fully saturated rings. The zero-order chi connectivity index (χ0) is 17.5. The predicted octanol–water partition coefficient (Wildman–Crippen LogP) is 3.06. The molecule has 0 aliphatic heterocycles. The van der Waals surface area contributed by atoms with E-state index in [1.165, 1.54) is 14.0 Å². The highest BCUT2D eigenvalue weighted by Gasteiger charge is 2.17. The topological polar surface area (TPSA) is 76.7 Å². The van der Waals surface area contributed by atoms with Crippen LogP contribution in [0.15, 0.2) is 48.5 Å². The van der Waals surface area contributed by atoms with Gasteiger partial charge in [0.2, 0.25) is 5.91 Å². The standard InChI is InChI=1S/C18H20N2O4/c1-12(24-15-7-5-4-6-8-15)18(22)20-16-11-14(19-13(2)21)9-10-17(16)23-3/h4-12H,1-3H3,(H,19,21)(H,20,22)/t12-/m1/s1. The third-order valence-electron chi connectivity index (χ3n) is 3.20. The smallest absolute Gasteiger partial charge is 0.265 e. The number of benzene rings is 2. The summed E-state index contributed by atoms with van der Waals surface area (Å²) >= 11 is 0. The van der Waals surface area contributed by atoms with E-state index in [0.717, 1.165) is 0 Å². The third kappa shape index (κ3) is 4.74. The Balaban J connectivity index is 2.10. The van der Waals surface area contributed by atoms with Crippen molar-refractivity contribution in [2.75, 3.05) is 17.7 Å². The Hall–Kier alpha value is -3.02. The molecule has 6 heteroatoms. The predicted molar refractivity (Wildman–Crippen MR) is 92.5 cm³/mol. The lowest BCUT2D eigenvalue weighted by Gasteiger charge is -2.17. The van der Waals surface area contributed by atoms with Crippen molar-refractivity contribution in [1.29, 1.82) is 0 Å². The van der Waals surface area contributed by atoms with E-state index in [1.807, 2.05) is 18.2 Å². The summed E-state index contributed by atoms with van der Waals surface area (Å²) in [4.78, 5) is 23.5. The SMILES string of the molecule is COc1ccc(NC(C)=O)cc1NC(=O)[C@@H](C)Oc1ccccc1. The van der Waals surface area contributed by atoms with Crippen LogP contribution in [-0.4, -0.2) is 25.0 Å². The van der Waals surface area contributed by atoms with E-state index in [-0.39, 0.29) is 11.8 Å². The minimum Gasteiger partial charge on any atom is -0.495 e. The van der Waals surface area contributed by atoms with Crippen molar-refractivity contribution in [2.45, 2.75) is 20.0 Å². The number of anilines is 2. The van der Waals surface area contributed by atoms with E-state index in [2.05, 4.69) is 10.6 Å². The molecular formula is C18H20N2O4. The number of para-hydroxylation sites is 1. The van der Waals surface area contributed by atoms with Crippen LogP contribution >= 0.6 is 0 Å². The monoisotopic (exact) mass is 328 g/mol. The summed E-state index contributed by atoms with van der Waals surface area (Å²) in [7, 11) is 1.51. The molecule has 1 atom stereocenters. The van der Waals surface area contributed by atoms with Crippen molar-refractivity contribution in [3.63, 3.8) is 0 Å². The van der Waals surface area contributed by atoms with Gasteiger partial charge in [-0.1, -0.05) is 18.2 Å². The van der Waals surface area contributed by atoms with Crippen LogP contribution in [0, 0.1) is 0 Å². The van der Waals surface area contributed by atoms with Crippen molar-refractivity contribution >= 4 is 23.2 Å². The number of hydrogen-bond donors (Lipinski definition) is 2. The lowest BCUT2D eigenvalue weighted by molar-refractivity contribution is -0.122. The maximum absolute atomic E-state index is 12.3. The summed E-state index contributed by atoms with van der Waals surface area (Å²) in [6.45, 7) is 3.07. The molecule has 2 aromatic rings. The fourth-order valence-electron chi connectivity index (χ4n) is 2.08. The molecule has 0 unspecified atom stereocenters. The number of rotatable bonds is 6. The highest BCUT2D eigenvalue weighted by atomic mass is 16.5. The molecule has 2 N–H and O–H groups in total. The average molecular weight is 328 g/mol. The van der Waals surface area contributed by atoms with E-state index in [1.54, 1.807) is 37.3 Å². The normalized spacial score (nSPS) is 11.3. The van der Waals surface area contributed by atoms with Crippen molar-refractivity contribution in [2.24, 2.45) is 0 Å². The number of methoxy groups -OCH3 is 1. The van der Waals surface area contributed by atoms with Gasteiger partial charge < -0.3 is 20.1 Å². The average Bonchev–Trinajstić information content (AvgIpc) is 2.55. The van der Waals surface area contributed by atoms with Crippen LogP contribution < -0.4 is 20.1 Å². The minimum absolute atomic E-state index is 0.196. The molecule has 2 amide bonds. The quantitative estimate of drug-likeness (QED) is 0.854. The molecule has 0 radical (unpaired) electrons. The van der Waals surface area contributed by atoms with Gasteiger partial charge in [-0.15, -0.1) is 0 Å². The van der Waals surface area contributed by atoms with E-state index >= 15 is 0 Å². The summed E-state index contributed by atoms with van der Waals surface area (Å²) in [5, 5.41) is 5.42. The molecule has 0 spiro atoms. The zero-order valence-electron chi connectivity index (χ0n) is 13.8. The minimum atomic E-state index is -0.693. The van der Waals surface area contributed by atoms with Crippen LogP contribution in [0.2, 0.25) is 0 Å². The van der Waals surface area contributed by atoms with E-state index < -0.39 is 6.10 Å². The van der Waals surface area contributed by atoms with E-state index in [0.29, 0.717) is 22.9 Å². The molecule has 0 aliphatic rings. The fourth-order valence-corrected chi connectivity index (χ4v) is 2.08. The van der Waals surface area contributed by atoms with Gasteiger partial charge >= 0.3 is 0 Å². The largest absolute Gasteiger partial charge is 0.495 e. The van der Waals surface area contributed by atoms with Gasteiger partial charge in [-0.25, -0.2) is 0 Å². The Morgan fingerprint density at radius 2 is 1.75 bits per heavy atom. The van der Waals surface area contributed by atoms with Crippen LogP contribution in [-0.2, 0) is 9.59 Å². The van der Waals surface area contributed by atoms with Crippen LogP contribution in [0.3, 0.4) is 0 Å². The number of amides is 2. The van der Waals surface area contributed by atoms with Gasteiger partial charge in [0.1, 0.15) is 11.5 Å². The van der Waals surface area contributed by atoms with Gasteiger partial charge in [-0.3, -0.25) is 9.59 Å². The molecular weight excluding hydrogens is 308 g/mol. The molecule has 0 bridgehead atoms. The molecule has 0 saturated heterocycles. The van der Waals surface area contributed by atoms with Gasteiger partial charge in [0.05, 0.1) is 12.8 Å².